The molecule has 0 bridgehead atoms. The smallest absolute Gasteiger partial charge is 0.240 e. The molecule has 0 aliphatic heterocycles. The Hall–Kier alpha value is -2.05. The molecule has 0 aliphatic carbocycles. The zero-order valence-corrected chi connectivity index (χ0v) is 15.0. The lowest BCUT2D eigenvalue weighted by Gasteiger charge is -2.10. The average molecular weight is 349 g/mol. The predicted octanol–water partition coefficient (Wildman–Crippen LogP) is 2.92. The zero-order chi connectivity index (χ0) is 17.6. The lowest BCUT2D eigenvalue weighted by Crippen LogP contribution is -2.25. The zero-order valence-electron chi connectivity index (χ0n) is 14.2. The fourth-order valence-electron chi connectivity index (χ4n) is 2.39. The van der Waals surface area contributed by atoms with Gasteiger partial charge < -0.3 is 9.47 Å². The van der Waals surface area contributed by atoms with Crippen LogP contribution < -0.4 is 14.2 Å². The van der Waals surface area contributed by atoms with Gasteiger partial charge in [-0.25, -0.2) is 13.1 Å². The van der Waals surface area contributed by atoms with Crippen LogP contribution in [0.2, 0.25) is 0 Å². The number of rotatable bonds is 8. The second-order valence-corrected chi connectivity index (χ2v) is 7.25. The van der Waals surface area contributed by atoms with Crippen LogP contribution >= 0.6 is 0 Å². The van der Waals surface area contributed by atoms with Gasteiger partial charge in [-0.15, -0.1) is 0 Å². The maximum absolute atomic E-state index is 12.3. The van der Waals surface area contributed by atoms with Crippen molar-refractivity contribution in [1.29, 1.82) is 0 Å². The number of benzene rings is 2. The van der Waals surface area contributed by atoms with Crippen molar-refractivity contribution < 1.29 is 17.9 Å². The van der Waals surface area contributed by atoms with Crippen LogP contribution in [0, 0.1) is 6.92 Å². The molecule has 0 aromatic heterocycles. The molecule has 0 saturated heterocycles. The molecule has 2 rings (SSSR count). The van der Waals surface area contributed by atoms with E-state index in [9.17, 15) is 8.42 Å². The molecule has 0 unspecified atom stereocenters. The van der Waals surface area contributed by atoms with E-state index >= 15 is 0 Å². The first-order valence-corrected chi connectivity index (χ1v) is 9.22. The molecule has 2 aromatic rings. The molecule has 0 aliphatic rings. The van der Waals surface area contributed by atoms with Gasteiger partial charge in [0.05, 0.1) is 19.1 Å². The quantitative estimate of drug-likeness (QED) is 0.744. The van der Waals surface area contributed by atoms with Crippen molar-refractivity contribution in [2.24, 2.45) is 0 Å². The molecule has 2 aromatic carbocycles. The van der Waals surface area contributed by atoms with Crippen LogP contribution in [-0.2, 0) is 16.4 Å². The summed E-state index contributed by atoms with van der Waals surface area (Å²) in [5.74, 6) is 1.49. The fourth-order valence-corrected chi connectivity index (χ4v) is 3.55. The van der Waals surface area contributed by atoms with Gasteiger partial charge in [0.1, 0.15) is 11.5 Å². The fraction of sp³-hybridized carbons (Fsp3) is 0.333. The normalized spacial score (nSPS) is 11.3. The minimum absolute atomic E-state index is 0.255. The summed E-state index contributed by atoms with van der Waals surface area (Å²) in [4.78, 5) is 0.255. The van der Waals surface area contributed by atoms with Crippen LogP contribution in [0.5, 0.6) is 11.5 Å². The minimum atomic E-state index is -3.50. The summed E-state index contributed by atoms with van der Waals surface area (Å²) in [5.41, 5.74) is 1.94. The number of aryl methyl sites for hydroxylation is 2. The van der Waals surface area contributed by atoms with Gasteiger partial charge in [-0.2, -0.15) is 0 Å². The lowest BCUT2D eigenvalue weighted by molar-refractivity contribution is 0.411. The van der Waals surface area contributed by atoms with E-state index in [1.807, 2.05) is 31.2 Å². The van der Waals surface area contributed by atoms with Crippen LogP contribution in [0.25, 0.3) is 0 Å². The van der Waals surface area contributed by atoms with Crippen molar-refractivity contribution in [3.63, 3.8) is 0 Å². The highest BCUT2D eigenvalue weighted by atomic mass is 32.2. The number of nitrogens with one attached hydrogen (secondary N) is 1. The molecule has 5 nitrogen and oxygen atoms in total. The first-order valence-electron chi connectivity index (χ1n) is 7.73. The summed E-state index contributed by atoms with van der Waals surface area (Å²) in [6, 6.07) is 12.6. The Balaban J connectivity index is 1.89. The Morgan fingerprint density at radius 3 is 2.29 bits per heavy atom. The van der Waals surface area contributed by atoms with E-state index in [2.05, 4.69) is 4.72 Å². The molecular formula is C18H23NO4S. The Morgan fingerprint density at radius 1 is 1.00 bits per heavy atom. The van der Waals surface area contributed by atoms with Crippen LogP contribution in [0.1, 0.15) is 17.5 Å². The molecule has 0 amide bonds. The molecule has 0 saturated carbocycles. The first kappa shape index (κ1) is 18.3. The van der Waals surface area contributed by atoms with E-state index in [-0.39, 0.29) is 4.90 Å². The van der Waals surface area contributed by atoms with Crippen LogP contribution in [0.3, 0.4) is 0 Å². The van der Waals surface area contributed by atoms with E-state index in [1.54, 1.807) is 32.4 Å². The summed E-state index contributed by atoms with van der Waals surface area (Å²) >= 11 is 0. The van der Waals surface area contributed by atoms with Gasteiger partial charge >= 0.3 is 0 Å². The largest absolute Gasteiger partial charge is 0.497 e. The van der Waals surface area contributed by atoms with Crippen LogP contribution in [-0.4, -0.2) is 29.2 Å². The van der Waals surface area contributed by atoms with E-state index in [1.165, 1.54) is 0 Å². The Morgan fingerprint density at radius 2 is 1.71 bits per heavy atom. The first-order chi connectivity index (χ1) is 11.5. The number of ether oxygens (including phenoxy) is 2. The molecule has 0 radical (unpaired) electrons. The number of methoxy groups -OCH3 is 2. The van der Waals surface area contributed by atoms with Crippen molar-refractivity contribution >= 4 is 10.0 Å². The molecule has 0 spiro atoms. The van der Waals surface area contributed by atoms with E-state index in [0.717, 1.165) is 29.7 Å². The number of hydrogen-bond donors (Lipinski definition) is 1. The number of hydrogen-bond acceptors (Lipinski definition) is 4. The van der Waals surface area contributed by atoms with Crippen molar-refractivity contribution in [2.45, 2.75) is 24.7 Å². The highest BCUT2D eigenvalue weighted by Crippen LogP contribution is 2.21. The predicted molar refractivity (Wildman–Crippen MR) is 94.2 cm³/mol. The SMILES string of the molecule is COc1ccc(CCCNS(=O)(=O)c2ccc(OC)c(C)c2)cc1. The summed E-state index contributed by atoms with van der Waals surface area (Å²) in [5, 5.41) is 0. The Kier molecular flexibility index (Phi) is 6.23. The molecule has 24 heavy (non-hydrogen) atoms. The molecule has 6 heteroatoms. The van der Waals surface area contributed by atoms with Crippen LogP contribution in [0.4, 0.5) is 0 Å². The molecule has 0 fully saturated rings. The summed E-state index contributed by atoms with van der Waals surface area (Å²) in [6.45, 7) is 2.21. The highest BCUT2D eigenvalue weighted by molar-refractivity contribution is 7.89. The third kappa shape index (κ3) is 4.72. The van der Waals surface area contributed by atoms with Gasteiger partial charge in [-0.3, -0.25) is 0 Å². The maximum Gasteiger partial charge on any atom is 0.240 e. The monoisotopic (exact) mass is 349 g/mol. The van der Waals surface area contributed by atoms with Gasteiger partial charge in [0.15, 0.2) is 0 Å². The molecule has 130 valence electrons. The minimum Gasteiger partial charge on any atom is -0.497 e. The van der Waals surface area contributed by atoms with Crippen molar-refractivity contribution in [1.82, 2.24) is 4.72 Å². The molecule has 1 N–H and O–H groups in total. The third-order valence-corrected chi connectivity index (χ3v) is 5.23. The topological polar surface area (TPSA) is 64.6 Å². The molecular weight excluding hydrogens is 326 g/mol. The van der Waals surface area contributed by atoms with Crippen molar-refractivity contribution in [3.05, 3.63) is 53.6 Å². The second-order valence-electron chi connectivity index (χ2n) is 5.48. The summed E-state index contributed by atoms with van der Waals surface area (Å²) in [6.07, 6.45) is 1.52. The second kappa shape index (κ2) is 8.17. The van der Waals surface area contributed by atoms with Crippen molar-refractivity contribution in [3.8, 4) is 11.5 Å². The van der Waals surface area contributed by atoms with Gasteiger partial charge in [0, 0.05) is 6.54 Å². The maximum atomic E-state index is 12.3. The van der Waals surface area contributed by atoms with E-state index in [0.29, 0.717) is 12.3 Å². The van der Waals surface area contributed by atoms with Crippen molar-refractivity contribution in [2.75, 3.05) is 20.8 Å². The summed E-state index contributed by atoms with van der Waals surface area (Å²) in [7, 11) is -0.305. The lowest BCUT2D eigenvalue weighted by atomic mass is 10.1. The summed E-state index contributed by atoms with van der Waals surface area (Å²) < 4.78 is 37.5. The van der Waals surface area contributed by atoms with E-state index in [4.69, 9.17) is 9.47 Å². The molecule has 0 heterocycles. The third-order valence-electron chi connectivity index (χ3n) is 3.77. The van der Waals surface area contributed by atoms with Gasteiger partial charge in [0.25, 0.3) is 0 Å². The Labute approximate surface area is 143 Å². The Bertz CT molecular complexity index is 770. The van der Waals surface area contributed by atoms with Crippen LogP contribution in [0.15, 0.2) is 47.4 Å². The highest BCUT2D eigenvalue weighted by Gasteiger charge is 2.14. The van der Waals surface area contributed by atoms with Gasteiger partial charge in [0.2, 0.25) is 10.0 Å². The number of sulfonamides is 1. The average Bonchev–Trinajstić information content (AvgIpc) is 2.59. The molecule has 0 atom stereocenters. The standard InChI is InChI=1S/C18H23NO4S/c1-14-13-17(10-11-18(14)23-3)24(20,21)19-12-4-5-15-6-8-16(22-2)9-7-15/h6-11,13,19H,4-5,12H2,1-3H3. The van der Waals surface area contributed by atoms with Gasteiger partial charge in [-0.05, 0) is 61.2 Å². The van der Waals surface area contributed by atoms with Gasteiger partial charge in [-0.1, -0.05) is 12.1 Å². The van der Waals surface area contributed by atoms with E-state index < -0.39 is 10.0 Å².